The first-order chi connectivity index (χ1) is 3.43. The molecule has 56 valence electrons. The van der Waals surface area contributed by atoms with E-state index >= 15 is 0 Å². The molecule has 0 radical (unpaired) electrons. The molecule has 0 saturated heterocycles. The van der Waals surface area contributed by atoms with Crippen LogP contribution in [0.4, 0.5) is 0 Å². The molecule has 0 aromatic rings. The van der Waals surface area contributed by atoms with Crippen molar-refractivity contribution in [2.75, 3.05) is 13.1 Å². The summed E-state index contributed by atoms with van der Waals surface area (Å²) in [5.41, 5.74) is 2.45. The normalized spacial score (nSPS) is 14.6. The van der Waals surface area contributed by atoms with E-state index in [1.54, 1.807) is 11.3 Å². The van der Waals surface area contributed by atoms with Crippen LogP contribution < -0.4 is 11.4 Å². The van der Waals surface area contributed by atoms with Gasteiger partial charge >= 0.3 is 0 Å². The van der Waals surface area contributed by atoms with Gasteiger partial charge < -0.3 is 0 Å². The van der Waals surface area contributed by atoms with Crippen LogP contribution in [0, 0.1) is 0 Å². The molecule has 1 heterocycles. The zero-order chi connectivity index (χ0) is 5.11. The fourth-order valence-corrected chi connectivity index (χ4v) is 0.477. The van der Waals surface area contributed by atoms with Gasteiger partial charge in [0.2, 0.25) is 0 Å². The van der Waals surface area contributed by atoms with Gasteiger partial charge in [-0.3, -0.25) is 15.8 Å². The summed E-state index contributed by atoms with van der Waals surface area (Å²) < 4.78 is 0. The van der Waals surface area contributed by atoms with Gasteiger partial charge in [-0.15, -0.1) is 34.0 Å². The zero-order valence-electron chi connectivity index (χ0n) is 4.78. The minimum Gasteiger partial charge on any atom is -0.283 e. The van der Waals surface area contributed by atoms with E-state index in [0.29, 0.717) is 0 Å². The zero-order valence-corrected chi connectivity index (χ0v) is 8.21. The van der Waals surface area contributed by atoms with Gasteiger partial charge in [0, 0.05) is 0 Å². The van der Waals surface area contributed by atoms with Gasteiger partial charge in [0.25, 0.3) is 0 Å². The summed E-state index contributed by atoms with van der Waals surface area (Å²) >= 11 is 0. The van der Waals surface area contributed by atoms with E-state index in [4.69, 9.17) is 5.84 Å². The van der Waals surface area contributed by atoms with Gasteiger partial charge in [0.05, 0.1) is 13.1 Å². The van der Waals surface area contributed by atoms with Crippen molar-refractivity contribution in [2.45, 2.75) is 0 Å². The molecule has 4 nitrogen and oxygen atoms in total. The minimum absolute atomic E-state index is 0. The van der Waals surface area contributed by atoms with Gasteiger partial charge in [-0.25, -0.2) is 0 Å². The largest absolute Gasteiger partial charge is 0.283 e. The summed E-state index contributed by atoms with van der Waals surface area (Å²) in [7, 11) is 0. The average molecular weight is 262 g/mol. The first-order valence-electron chi connectivity index (χ1n) is 2.16. The molecule has 0 bridgehead atoms. The van der Waals surface area contributed by atoms with E-state index in [1.807, 2.05) is 0 Å². The molecule has 3 N–H and O–H groups in total. The number of halogens is 2. The number of aliphatic imine (C=N–C) groups is 1. The minimum atomic E-state index is 0. The maximum absolute atomic E-state index is 5.02. The Balaban J connectivity index is 0. The van der Waals surface area contributed by atoms with Crippen molar-refractivity contribution in [3.8, 4) is 0 Å². The Bertz CT molecular complexity index is 85.9. The van der Waals surface area contributed by atoms with Crippen LogP contribution in [0.3, 0.4) is 0 Å². The molecular formula is C3H10Br2N4. The molecule has 6 heteroatoms. The van der Waals surface area contributed by atoms with Crippen LogP contribution in [0.15, 0.2) is 4.99 Å². The summed E-state index contributed by atoms with van der Waals surface area (Å²) in [4.78, 5) is 3.89. The molecule has 0 aromatic carbocycles. The number of hydrazine groups is 2. The molecule has 1 aliphatic heterocycles. The van der Waals surface area contributed by atoms with Crippen LogP contribution in [0.25, 0.3) is 0 Å². The van der Waals surface area contributed by atoms with Crippen LogP contribution >= 0.6 is 34.0 Å². The van der Waals surface area contributed by atoms with Crippen molar-refractivity contribution in [3.63, 3.8) is 0 Å². The predicted molar refractivity (Wildman–Crippen MR) is 48.0 cm³/mol. The fraction of sp³-hybridized carbons (Fsp3) is 0.667. The van der Waals surface area contributed by atoms with E-state index in [1.165, 1.54) is 0 Å². The van der Waals surface area contributed by atoms with Crippen LogP contribution in [0.1, 0.15) is 0 Å². The standard InChI is InChI=1S/C3H8N4.2BrH/c4-6-7-2-1-5-3-7;;/h3,6H,1-2,4H2;2*1H. The lowest BCUT2D eigenvalue weighted by Gasteiger charge is -2.08. The van der Waals surface area contributed by atoms with Crippen LogP contribution in [0.5, 0.6) is 0 Å². The number of nitrogens with one attached hydrogen (secondary N) is 1. The molecule has 1 aliphatic rings. The third-order valence-electron chi connectivity index (χ3n) is 0.857. The lowest BCUT2D eigenvalue weighted by molar-refractivity contribution is 0.351. The molecule has 0 unspecified atom stereocenters. The van der Waals surface area contributed by atoms with E-state index in [9.17, 15) is 0 Å². The number of hydrogen-bond acceptors (Lipinski definition) is 4. The predicted octanol–water partition coefficient (Wildman–Crippen LogP) is -0.136. The van der Waals surface area contributed by atoms with E-state index in [0.717, 1.165) is 13.1 Å². The van der Waals surface area contributed by atoms with Crippen LogP contribution in [-0.4, -0.2) is 24.4 Å². The molecule has 0 saturated carbocycles. The van der Waals surface area contributed by atoms with Gasteiger partial charge in [-0.2, -0.15) is 5.53 Å². The number of hydrogen-bond donors (Lipinski definition) is 2. The van der Waals surface area contributed by atoms with Crippen molar-refractivity contribution in [1.82, 2.24) is 10.5 Å². The Morgan fingerprint density at radius 3 is 2.44 bits per heavy atom. The maximum Gasteiger partial charge on any atom is 0.100 e. The SMILES string of the molecule is Br.Br.NNN1C=NCC1. The molecule has 1 rings (SSSR count). The third-order valence-corrected chi connectivity index (χ3v) is 0.857. The Labute approximate surface area is 75.0 Å². The van der Waals surface area contributed by atoms with Crippen LogP contribution in [0.2, 0.25) is 0 Å². The highest BCUT2D eigenvalue weighted by Gasteiger charge is 1.99. The summed E-state index contributed by atoms with van der Waals surface area (Å²) in [5, 5.41) is 1.72. The lowest BCUT2D eigenvalue weighted by Crippen LogP contribution is -2.40. The van der Waals surface area contributed by atoms with Gasteiger partial charge in [-0.1, -0.05) is 0 Å². The Morgan fingerprint density at radius 2 is 2.22 bits per heavy atom. The van der Waals surface area contributed by atoms with Crippen molar-refractivity contribution >= 4 is 40.3 Å². The van der Waals surface area contributed by atoms with E-state index < -0.39 is 0 Å². The number of nitrogens with two attached hydrogens (primary N) is 1. The van der Waals surface area contributed by atoms with Gasteiger partial charge in [-0.05, 0) is 0 Å². The summed E-state index contributed by atoms with van der Waals surface area (Å²) in [6.45, 7) is 1.74. The Hall–Kier alpha value is 0.350. The second-order valence-corrected chi connectivity index (χ2v) is 1.34. The lowest BCUT2D eigenvalue weighted by atomic mass is 10.7. The third kappa shape index (κ3) is 3.85. The Morgan fingerprint density at radius 1 is 1.56 bits per heavy atom. The highest BCUT2D eigenvalue weighted by atomic mass is 79.9. The second kappa shape index (κ2) is 6.47. The molecule has 9 heavy (non-hydrogen) atoms. The molecular weight excluding hydrogens is 252 g/mol. The van der Waals surface area contributed by atoms with Gasteiger partial charge in [0.15, 0.2) is 0 Å². The number of rotatable bonds is 1. The van der Waals surface area contributed by atoms with E-state index in [-0.39, 0.29) is 34.0 Å². The summed E-state index contributed by atoms with van der Waals surface area (Å²) in [6, 6.07) is 0. The molecule has 0 aliphatic carbocycles. The summed E-state index contributed by atoms with van der Waals surface area (Å²) in [6.07, 6.45) is 1.68. The maximum atomic E-state index is 5.02. The molecule has 0 spiro atoms. The molecule has 0 fully saturated rings. The second-order valence-electron chi connectivity index (χ2n) is 1.34. The topological polar surface area (TPSA) is 53.6 Å². The fourth-order valence-electron chi connectivity index (χ4n) is 0.477. The van der Waals surface area contributed by atoms with Crippen molar-refractivity contribution in [1.29, 1.82) is 0 Å². The molecule has 0 atom stereocenters. The van der Waals surface area contributed by atoms with Gasteiger partial charge in [0.1, 0.15) is 6.34 Å². The first kappa shape index (κ1) is 12.1. The Kier molecular flexibility index (Phi) is 8.67. The van der Waals surface area contributed by atoms with Crippen molar-refractivity contribution in [3.05, 3.63) is 0 Å². The molecule has 0 amide bonds. The first-order valence-corrected chi connectivity index (χ1v) is 2.16. The quantitative estimate of drug-likeness (QED) is 0.511. The summed E-state index contributed by atoms with van der Waals surface area (Å²) in [5.74, 6) is 5.02. The smallest absolute Gasteiger partial charge is 0.100 e. The van der Waals surface area contributed by atoms with Crippen molar-refractivity contribution < 1.29 is 0 Å². The van der Waals surface area contributed by atoms with E-state index in [2.05, 4.69) is 10.5 Å². The average Bonchev–Trinajstić information content (AvgIpc) is 2.14. The molecule has 0 aromatic heterocycles. The highest BCUT2D eigenvalue weighted by Crippen LogP contribution is 1.83. The number of nitrogens with zero attached hydrogens (tertiary/aromatic N) is 2. The highest BCUT2D eigenvalue weighted by molar-refractivity contribution is 8.93. The van der Waals surface area contributed by atoms with Crippen LogP contribution in [-0.2, 0) is 0 Å². The monoisotopic (exact) mass is 260 g/mol. The van der Waals surface area contributed by atoms with Crippen molar-refractivity contribution in [2.24, 2.45) is 10.8 Å².